The van der Waals surface area contributed by atoms with Gasteiger partial charge in [-0.2, -0.15) is 0 Å². The summed E-state index contributed by atoms with van der Waals surface area (Å²) in [7, 11) is -1.73. The minimum Gasteiger partial charge on any atom is -0.498 e. The Morgan fingerprint density at radius 2 is 1.58 bits per heavy atom. The Morgan fingerprint density at radius 1 is 1.05 bits per heavy atom. The molecule has 0 spiro atoms. The van der Waals surface area contributed by atoms with Crippen LogP contribution in [0.15, 0.2) is 12.3 Å². The smallest absolute Gasteiger partial charge is 0.200 e. The molecule has 0 aliphatic carbocycles. The first kappa shape index (κ1) is 16.8. The zero-order valence-electron chi connectivity index (χ0n) is 13.8. The van der Waals surface area contributed by atoms with Gasteiger partial charge in [-0.3, -0.25) is 0 Å². The molecule has 0 bridgehead atoms. The maximum absolute atomic E-state index is 6.64. The maximum atomic E-state index is 6.64. The normalized spacial score (nSPS) is 23.7. The van der Waals surface area contributed by atoms with Crippen LogP contribution in [0.3, 0.4) is 0 Å². The van der Waals surface area contributed by atoms with E-state index in [0.29, 0.717) is 28.6 Å². The van der Waals surface area contributed by atoms with Gasteiger partial charge in [0.25, 0.3) is 0 Å². The fourth-order valence-corrected chi connectivity index (χ4v) is 9.26. The van der Waals surface area contributed by atoms with Crippen LogP contribution in [0.25, 0.3) is 0 Å². The average Bonchev–Trinajstić information content (AvgIpc) is 2.75. The second-order valence-electron chi connectivity index (χ2n) is 6.70. The number of ether oxygens (including phenoxy) is 1. The van der Waals surface area contributed by atoms with Gasteiger partial charge in [-0.05, 0) is 29.1 Å². The molecule has 1 rings (SSSR count). The molecule has 0 fully saturated rings. The highest BCUT2D eigenvalue weighted by Crippen LogP contribution is 2.42. The van der Waals surface area contributed by atoms with Crippen molar-refractivity contribution < 1.29 is 9.16 Å². The first-order valence-electron chi connectivity index (χ1n) is 7.82. The van der Waals surface area contributed by atoms with Crippen molar-refractivity contribution in [2.45, 2.75) is 77.6 Å². The van der Waals surface area contributed by atoms with Gasteiger partial charge in [0.1, 0.15) is 6.10 Å². The largest absolute Gasteiger partial charge is 0.498 e. The van der Waals surface area contributed by atoms with E-state index in [1.807, 2.05) is 6.26 Å². The third-order valence-electron chi connectivity index (χ3n) is 4.69. The second kappa shape index (κ2) is 6.94. The topological polar surface area (TPSA) is 18.5 Å². The van der Waals surface area contributed by atoms with E-state index in [2.05, 4.69) is 54.5 Å². The van der Waals surface area contributed by atoms with Crippen LogP contribution < -0.4 is 0 Å². The van der Waals surface area contributed by atoms with Gasteiger partial charge < -0.3 is 9.16 Å². The lowest BCUT2D eigenvalue weighted by Crippen LogP contribution is -2.49. The predicted octanol–water partition coefficient (Wildman–Crippen LogP) is 5.12. The van der Waals surface area contributed by atoms with Gasteiger partial charge in [-0.25, -0.2) is 0 Å². The molecule has 19 heavy (non-hydrogen) atoms. The summed E-state index contributed by atoms with van der Waals surface area (Å²) in [6.07, 6.45) is 5.40. The van der Waals surface area contributed by atoms with Crippen LogP contribution in [-0.2, 0) is 9.16 Å². The van der Waals surface area contributed by atoms with E-state index in [4.69, 9.17) is 9.16 Å². The van der Waals surface area contributed by atoms with Gasteiger partial charge in [0.05, 0.1) is 6.26 Å². The van der Waals surface area contributed by atoms with Gasteiger partial charge in [-0.1, -0.05) is 48.5 Å². The summed E-state index contributed by atoms with van der Waals surface area (Å²) in [6.45, 7) is 17.0. The van der Waals surface area contributed by atoms with E-state index < -0.39 is 8.32 Å². The summed E-state index contributed by atoms with van der Waals surface area (Å²) >= 11 is 0. The van der Waals surface area contributed by atoms with Crippen molar-refractivity contribution in [1.82, 2.24) is 0 Å². The summed E-state index contributed by atoms with van der Waals surface area (Å²) in [5, 5.41) is 0. The summed E-state index contributed by atoms with van der Waals surface area (Å²) in [5.41, 5.74) is 1.96. The third-order valence-corrected chi connectivity index (χ3v) is 10.8. The molecule has 2 atom stereocenters. The number of rotatable bonds is 7. The lowest BCUT2D eigenvalue weighted by atomic mass is 10.0. The monoisotopic (exact) mass is 284 g/mol. The molecular formula is C16H32O2Si. The highest BCUT2D eigenvalue weighted by Gasteiger charge is 2.45. The van der Waals surface area contributed by atoms with Gasteiger partial charge in [0.15, 0.2) is 8.32 Å². The van der Waals surface area contributed by atoms with Crippen molar-refractivity contribution in [3.8, 4) is 0 Å². The molecule has 0 N–H and O–H groups in total. The van der Waals surface area contributed by atoms with Crippen molar-refractivity contribution in [2.24, 2.45) is 5.92 Å². The van der Waals surface area contributed by atoms with E-state index in [9.17, 15) is 0 Å². The van der Waals surface area contributed by atoms with E-state index >= 15 is 0 Å². The Labute approximate surface area is 120 Å². The minimum absolute atomic E-state index is 0.318. The lowest BCUT2D eigenvalue weighted by molar-refractivity contribution is 0.0997. The molecule has 1 aliphatic heterocycles. The molecule has 2 nitrogen and oxygen atoms in total. The maximum Gasteiger partial charge on any atom is 0.200 e. The second-order valence-corrected chi connectivity index (χ2v) is 12.2. The molecule has 1 heterocycles. The highest BCUT2D eigenvalue weighted by molar-refractivity contribution is 6.77. The van der Waals surface area contributed by atoms with Crippen LogP contribution in [0.5, 0.6) is 0 Å². The van der Waals surface area contributed by atoms with E-state index in [1.54, 1.807) is 0 Å². The molecule has 1 aliphatic rings. The first-order valence-corrected chi connectivity index (χ1v) is 9.96. The zero-order valence-corrected chi connectivity index (χ0v) is 14.8. The van der Waals surface area contributed by atoms with E-state index in [-0.39, 0.29) is 0 Å². The zero-order chi connectivity index (χ0) is 14.6. The van der Waals surface area contributed by atoms with Crippen LogP contribution in [0, 0.1) is 5.92 Å². The van der Waals surface area contributed by atoms with Crippen LogP contribution >= 0.6 is 0 Å². The summed E-state index contributed by atoms with van der Waals surface area (Å²) in [4.78, 5) is 0. The molecule has 0 unspecified atom stereocenters. The molecule has 0 aromatic rings. The van der Waals surface area contributed by atoms with Gasteiger partial charge in [0, 0.05) is 12.5 Å². The number of hydrogen-bond donors (Lipinski definition) is 0. The van der Waals surface area contributed by atoms with Gasteiger partial charge >= 0.3 is 0 Å². The van der Waals surface area contributed by atoms with Crippen molar-refractivity contribution in [3.05, 3.63) is 12.3 Å². The molecule has 0 saturated heterocycles. The van der Waals surface area contributed by atoms with Crippen LogP contribution in [0.1, 0.15) is 54.9 Å². The fourth-order valence-electron chi connectivity index (χ4n) is 3.77. The molecule has 0 radical (unpaired) electrons. The number of hydrogen-bond acceptors (Lipinski definition) is 2. The first-order chi connectivity index (χ1) is 8.86. The molecule has 0 aromatic carbocycles. The average molecular weight is 285 g/mol. The molecule has 0 aromatic heterocycles. The van der Waals surface area contributed by atoms with Crippen molar-refractivity contribution in [1.29, 1.82) is 0 Å². The van der Waals surface area contributed by atoms with E-state index in [0.717, 1.165) is 13.0 Å². The molecule has 0 amide bonds. The van der Waals surface area contributed by atoms with Crippen LogP contribution in [0.4, 0.5) is 0 Å². The van der Waals surface area contributed by atoms with Gasteiger partial charge in [0.2, 0.25) is 0 Å². The highest BCUT2D eigenvalue weighted by atomic mass is 28.4. The van der Waals surface area contributed by atoms with Gasteiger partial charge in [-0.15, -0.1) is 0 Å². The van der Waals surface area contributed by atoms with Crippen molar-refractivity contribution >= 4 is 8.32 Å². The summed E-state index contributed by atoms with van der Waals surface area (Å²) < 4.78 is 12.3. The Morgan fingerprint density at radius 3 is 2.00 bits per heavy atom. The SMILES string of the molecule is CC[C@H]1OC=C[C@@H]1CO[Si](C(C)C)(C(C)C)C(C)C. The molecule has 0 saturated carbocycles. The molecule has 112 valence electrons. The quantitative estimate of drug-likeness (QED) is 0.604. The van der Waals surface area contributed by atoms with Crippen molar-refractivity contribution in [2.75, 3.05) is 6.61 Å². The van der Waals surface area contributed by atoms with E-state index in [1.165, 1.54) is 0 Å². The summed E-state index contributed by atoms with van der Waals surface area (Å²) in [6, 6.07) is 0. The van der Waals surface area contributed by atoms with Crippen LogP contribution in [0.2, 0.25) is 16.6 Å². The Kier molecular flexibility index (Phi) is 6.12. The lowest BCUT2D eigenvalue weighted by Gasteiger charge is -2.43. The molecule has 3 heteroatoms. The Bertz CT molecular complexity index is 275. The standard InChI is InChI=1S/C16H32O2Si/c1-8-16-15(9-10-17-16)11-18-19(12(2)3,13(4)5)14(6)7/h9-10,12-16H,8,11H2,1-7H3/t15-,16-/m1/s1. The Balaban J connectivity index is 2.76. The fraction of sp³-hybridized carbons (Fsp3) is 0.875. The predicted molar refractivity (Wildman–Crippen MR) is 84.8 cm³/mol. The Hall–Kier alpha value is -0.283. The summed E-state index contributed by atoms with van der Waals surface area (Å²) in [5.74, 6) is 0.438. The molecular weight excluding hydrogens is 252 g/mol. The van der Waals surface area contributed by atoms with Crippen LogP contribution in [-0.4, -0.2) is 21.0 Å². The minimum atomic E-state index is -1.73. The van der Waals surface area contributed by atoms with Crippen molar-refractivity contribution in [3.63, 3.8) is 0 Å². The third kappa shape index (κ3) is 3.43.